The smallest absolute Gasteiger partial charge is 0.230 e. The van der Waals surface area contributed by atoms with Crippen LogP contribution in [0.3, 0.4) is 0 Å². The highest BCUT2D eigenvalue weighted by Gasteiger charge is 2.64. The first kappa shape index (κ1) is 30.3. The average molecular weight is 613 g/mol. The van der Waals surface area contributed by atoms with E-state index in [1.807, 2.05) is 12.1 Å². The number of carbonyl (C=O) groups is 1. The SMILES string of the molecule is CNC(=O)[C@H]1C[C@@H]2C[C@H](C2(C)C)[C@@]1(C)Nc1cc(Cl)nc(Nc2ccc(N3CCC(N4CCN(C)CC4)CC3)c(F)c2)n1. The van der Waals surface area contributed by atoms with E-state index in [9.17, 15) is 4.79 Å². The second kappa shape index (κ2) is 11.7. The van der Waals surface area contributed by atoms with Crippen molar-refractivity contribution in [3.8, 4) is 0 Å². The van der Waals surface area contributed by atoms with E-state index < -0.39 is 5.54 Å². The van der Waals surface area contributed by atoms with Gasteiger partial charge in [0.05, 0.1) is 17.1 Å². The maximum Gasteiger partial charge on any atom is 0.230 e. The van der Waals surface area contributed by atoms with Crippen LogP contribution in [0.2, 0.25) is 5.15 Å². The van der Waals surface area contributed by atoms with Crippen LogP contribution in [0.4, 0.5) is 27.5 Å². The lowest BCUT2D eigenvalue weighted by molar-refractivity contribution is -0.155. The molecule has 2 saturated heterocycles. The normalized spacial score (nSPS) is 29.6. The Morgan fingerprint density at radius 3 is 2.40 bits per heavy atom. The maximum atomic E-state index is 15.4. The van der Waals surface area contributed by atoms with Crippen molar-refractivity contribution in [2.24, 2.45) is 23.2 Å². The van der Waals surface area contributed by atoms with E-state index in [1.54, 1.807) is 13.1 Å². The topological polar surface area (TPSA) is 88.7 Å². The van der Waals surface area contributed by atoms with Crippen LogP contribution in [0.25, 0.3) is 0 Å². The number of halogens is 2. The summed E-state index contributed by atoms with van der Waals surface area (Å²) in [5, 5.41) is 9.87. The number of rotatable bonds is 7. The molecule has 0 unspecified atom stereocenters. The molecule has 5 aliphatic rings. The summed E-state index contributed by atoms with van der Waals surface area (Å²) in [6.45, 7) is 12.9. The average Bonchev–Trinajstić information content (AvgIpc) is 2.96. The summed E-state index contributed by atoms with van der Waals surface area (Å²) < 4.78 is 15.4. The van der Waals surface area contributed by atoms with Gasteiger partial charge in [0.25, 0.3) is 0 Å². The van der Waals surface area contributed by atoms with Gasteiger partial charge >= 0.3 is 0 Å². The van der Waals surface area contributed by atoms with Gasteiger partial charge in [-0.2, -0.15) is 4.98 Å². The number of carbonyl (C=O) groups excluding carboxylic acids is 1. The molecule has 234 valence electrons. The van der Waals surface area contributed by atoms with Gasteiger partial charge in [-0.05, 0) is 75.1 Å². The van der Waals surface area contributed by atoms with Crippen molar-refractivity contribution in [2.45, 2.75) is 58.0 Å². The summed E-state index contributed by atoms with van der Waals surface area (Å²) in [4.78, 5) is 29.1. The number of anilines is 4. The number of hydrogen-bond acceptors (Lipinski definition) is 8. The third-order valence-corrected chi connectivity index (χ3v) is 11.4. The van der Waals surface area contributed by atoms with Gasteiger partial charge in [-0.25, -0.2) is 9.37 Å². The van der Waals surface area contributed by atoms with Gasteiger partial charge in [0.2, 0.25) is 11.9 Å². The zero-order valence-corrected chi connectivity index (χ0v) is 26.8. The summed E-state index contributed by atoms with van der Waals surface area (Å²) in [6.07, 6.45) is 4.00. The number of benzene rings is 1. The quantitative estimate of drug-likeness (QED) is 0.384. The number of piperazine rings is 1. The fourth-order valence-electron chi connectivity index (χ4n) is 8.38. The maximum absolute atomic E-state index is 15.4. The van der Waals surface area contributed by atoms with Crippen LogP contribution in [-0.2, 0) is 4.79 Å². The zero-order chi connectivity index (χ0) is 30.5. The van der Waals surface area contributed by atoms with E-state index in [0.29, 0.717) is 35.1 Å². The monoisotopic (exact) mass is 612 g/mol. The lowest BCUT2D eigenvalue weighted by Gasteiger charge is -2.66. The van der Waals surface area contributed by atoms with Crippen molar-refractivity contribution in [3.05, 3.63) is 35.2 Å². The molecule has 2 aliphatic heterocycles. The fraction of sp³-hybridized carbons (Fsp3) is 0.656. The number of fused-ring (bicyclic) bond motifs is 2. The van der Waals surface area contributed by atoms with E-state index in [1.165, 1.54) is 6.07 Å². The van der Waals surface area contributed by atoms with Crippen molar-refractivity contribution in [1.29, 1.82) is 0 Å². The Labute approximate surface area is 259 Å². The first-order valence-electron chi connectivity index (χ1n) is 15.8. The minimum absolute atomic E-state index is 0.0396. The number of nitrogens with one attached hydrogen (secondary N) is 3. The van der Waals surface area contributed by atoms with Crippen LogP contribution in [0, 0.1) is 29.0 Å². The summed E-state index contributed by atoms with van der Waals surface area (Å²) >= 11 is 6.44. The lowest BCUT2D eigenvalue weighted by atomic mass is 9.40. The number of piperidine rings is 1. The van der Waals surface area contributed by atoms with Gasteiger partial charge in [0.1, 0.15) is 16.8 Å². The first-order chi connectivity index (χ1) is 20.5. The summed E-state index contributed by atoms with van der Waals surface area (Å²) in [5.74, 6) is 1.23. The number of likely N-dealkylation sites (N-methyl/N-ethyl adjacent to an activating group) is 1. The van der Waals surface area contributed by atoms with Gasteiger partial charge in [0.15, 0.2) is 0 Å². The second-order valence-electron chi connectivity index (χ2n) is 13.9. The molecule has 3 aliphatic carbocycles. The molecule has 2 aromatic rings. The Bertz CT molecular complexity index is 1340. The molecular weight excluding hydrogens is 567 g/mol. The predicted molar refractivity (Wildman–Crippen MR) is 171 cm³/mol. The summed E-state index contributed by atoms with van der Waals surface area (Å²) in [7, 11) is 3.87. The van der Waals surface area contributed by atoms with Crippen molar-refractivity contribution in [2.75, 3.05) is 68.9 Å². The van der Waals surface area contributed by atoms with E-state index in [0.717, 1.165) is 65.0 Å². The Morgan fingerprint density at radius 1 is 1.02 bits per heavy atom. The van der Waals surface area contributed by atoms with Crippen LogP contribution in [0.1, 0.15) is 46.5 Å². The van der Waals surface area contributed by atoms with Crippen molar-refractivity contribution < 1.29 is 9.18 Å². The van der Waals surface area contributed by atoms with E-state index in [4.69, 9.17) is 16.6 Å². The molecule has 1 aromatic heterocycles. The molecule has 1 amide bonds. The molecule has 11 heteroatoms. The van der Waals surface area contributed by atoms with E-state index >= 15 is 4.39 Å². The Balaban J connectivity index is 1.13. The molecule has 7 rings (SSSR count). The molecule has 1 aromatic carbocycles. The highest BCUT2D eigenvalue weighted by molar-refractivity contribution is 6.29. The summed E-state index contributed by atoms with van der Waals surface area (Å²) in [6, 6.07) is 7.47. The van der Waals surface area contributed by atoms with Crippen LogP contribution in [-0.4, -0.2) is 90.6 Å². The van der Waals surface area contributed by atoms with Crippen LogP contribution < -0.4 is 20.9 Å². The molecule has 2 bridgehead atoms. The van der Waals surface area contributed by atoms with Crippen LogP contribution in [0.5, 0.6) is 0 Å². The molecule has 0 radical (unpaired) electrons. The van der Waals surface area contributed by atoms with Crippen molar-refractivity contribution >= 4 is 40.6 Å². The Hall–Kier alpha value is -2.69. The highest BCUT2D eigenvalue weighted by Crippen LogP contribution is 2.65. The van der Waals surface area contributed by atoms with Crippen LogP contribution in [0.15, 0.2) is 24.3 Å². The van der Waals surface area contributed by atoms with Gasteiger partial charge in [0, 0.05) is 64.1 Å². The van der Waals surface area contributed by atoms with Crippen molar-refractivity contribution in [3.63, 3.8) is 0 Å². The van der Waals surface area contributed by atoms with Gasteiger partial charge < -0.3 is 25.8 Å². The van der Waals surface area contributed by atoms with Gasteiger partial charge in [-0.1, -0.05) is 25.4 Å². The Morgan fingerprint density at radius 2 is 1.74 bits per heavy atom. The molecule has 3 N–H and O–H groups in total. The van der Waals surface area contributed by atoms with E-state index in [2.05, 4.69) is 63.5 Å². The number of nitrogens with zero attached hydrogens (tertiary/aromatic N) is 5. The van der Waals surface area contributed by atoms with Crippen molar-refractivity contribution in [1.82, 2.24) is 25.1 Å². The van der Waals surface area contributed by atoms with Crippen LogP contribution >= 0.6 is 11.6 Å². The molecule has 0 spiro atoms. The zero-order valence-electron chi connectivity index (χ0n) is 26.1. The van der Waals surface area contributed by atoms with Gasteiger partial charge in [-0.3, -0.25) is 9.69 Å². The molecule has 43 heavy (non-hydrogen) atoms. The molecule has 4 atom stereocenters. The lowest BCUT2D eigenvalue weighted by Crippen LogP contribution is -2.69. The number of aromatic nitrogens is 2. The fourth-order valence-corrected chi connectivity index (χ4v) is 8.56. The molecule has 9 nitrogen and oxygen atoms in total. The molecular formula is C32H46ClFN8O. The third kappa shape index (κ3) is 5.78. The largest absolute Gasteiger partial charge is 0.369 e. The second-order valence-corrected chi connectivity index (χ2v) is 14.3. The standard InChI is InChI=1S/C32H46ClFN8O/c1-31(2)20-16-23(29(43)35-4)32(3,26(31)17-20)39-28-19-27(33)37-30(38-28)36-21-6-7-25(24(34)18-21)42-10-8-22(9-11-42)41-14-12-40(5)13-15-41/h6-7,18-20,22-23,26H,8-17H2,1-5H3,(H,35,43)(H2,36,37,38,39)/t20-,23-,26-,32+/m1/s1. The number of amides is 1. The molecule has 5 fully saturated rings. The minimum atomic E-state index is -0.501. The summed E-state index contributed by atoms with van der Waals surface area (Å²) in [5.41, 5.74) is 0.808. The molecule has 3 heterocycles. The highest BCUT2D eigenvalue weighted by atomic mass is 35.5. The Kier molecular flexibility index (Phi) is 8.23. The first-order valence-corrected chi connectivity index (χ1v) is 16.1. The minimum Gasteiger partial charge on any atom is -0.369 e. The third-order valence-electron chi connectivity index (χ3n) is 11.2. The van der Waals surface area contributed by atoms with E-state index in [-0.39, 0.29) is 34.2 Å². The molecule has 3 saturated carbocycles. The number of hydrogen-bond donors (Lipinski definition) is 3. The van der Waals surface area contributed by atoms with Gasteiger partial charge in [-0.15, -0.1) is 0 Å². The predicted octanol–water partition coefficient (Wildman–Crippen LogP) is 4.83.